The molecule has 0 aliphatic carbocycles. The number of H-pyrrole nitrogens is 1. The number of hydrogen-bond donors (Lipinski definition) is 3. The van der Waals surface area contributed by atoms with Crippen molar-refractivity contribution in [3.63, 3.8) is 0 Å². The number of aromatic nitrogens is 2. The largest absolute Gasteiger partial charge is 0.491 e. The van der Waals surface area contributed by atoms with Crippen molar-refractivity contribution in [3.8, 4) is 17.1 Å². The number of rotatable bonds is 5. The molecular weight excluding hydrogens is 230 g/mol. The van der Waals surface area contributed by atoms with Crippen molar-refractivity contribution >= 4 is 5.96 Å². The number of ether oxygens (including phenoxy) is 1. The van der Waals surface area contributed by atoms with Crippen molar-refractivity contribution in [1.29, 1.82) is 0 Å². The number of benzene rings is 1. The van der Waals surface area contributed by atoms with Gasteiger partial charge in [0, 0.05) is 12.4 Å². The lowest BCUT2D eigenvalue weighted by Crippen LogP contribution is -2.23. The molecule has 1 aromatic carbocycles. The van der Waals surface area contributed by atoms with Crippen LogP contribution in [0.2, 0.25) is 0 Å². The maximum Gasteiger partial charge on any atom is 0.186 e. The van der Waals surface area contributed by atoms with Crippen molar-refractivity contribution in [2.45, 2.75) is 0 Å². The first-order valence-electron chi connectivity index (χ1n) is 5.54. The second-order valence-corrected chi connectivity index (χ2v) is 3.59. The van der Waals surface area contributed by atoms with E-state index in [0.29, 0.717) is 13.2 Å². The molecule has 0 atom stereocenters. The van der Waals surface area contributed by atoms with E-state index in [2.05, 4.69) is 15.0 Å². The quantitative estimate of drug-likeness (QED) is 0.410. The number of nitrogens with zero attached hydrogens (tertiary/aromatic N) is 2. The summed E-state index contributed by atoms with van der Waals surface area (Å²) in [6, 6.07) is 7.66. The lowest BCUT2D eigenvalue weighted by molar-refractivity contribution is 0.330. The van der Waals surface area contributed by atoms with Crippen LogP contribution in [0.4, 0.5) is 0 Å². The fourth-order valence-corrected chi connectivity index (χ4v) is 1.53. The number of aromatic amines is 1. The maximum atomic E-state index is 5.63. The normalized spacial score (nSPS) is 10.0. The van der Waals surface area contributed by atoms with Crippen LogP contribution in [0.1, 0.15) is 0 Å². The van der Waals surface area contributed by atoms with Crippen LogP contribution in [0.5, 0.6) is 5.75 Å². The van der Waals surface area contributed by atoms with Gasteiger partial charge in [0.15, 0.2) is 5.96 Å². The van der Waals surface area contributed by atoms with Gasteiger partial charge in [-0.05, 0) is 12.1 Å². The van der Waals surface area contributed by atoms with Crippen LogP contribution in [0, 0.1) is 0 Å². The van der Waals surface area contributed by atoms with Crippen molar-refractivity contribution in [1.82, 2.24) is 9.97 Å². The molecule has 0 saturated carbocycles. The third-order valence-corrected chi connectivity index (χ3v) is 2.28. The molecule has 0 amide bonds. The highest BCUT2D eigenvalue weighted by Crippen LogP contribution is 2.26. The molecule has 6 nitrogen and oxygen atoms in total. The second-order valence-electron chi connectivity index (χ2n) is 3.59. The summed E-state index contributed by atoms with van der Waals surface area (Å²) in [4.78, 5) is 11.1. The van der Waals surface area contributed by atoms with Crippen molar-refractivity contribution in [3.05, 3.63) is 36.7 Å². The topological polar surface area (TPSA) is 102 Å². The molecule has 0 unspecified atom stereocenters. The molecule has 0 spiro atoms. The van der Waals surface area contributed by atoms with Crippen molar-refractivity contribution in [2.24, 2.45) is 16.5 Å². The van der Waals surface area contributed by atoms with Crippen molar-refractivity contribution in [2.75, 3.05) is 13.2 Å². The van der Waals surface area contributed by atoms with Gasteiger partial charge in [-0.25, -0.2) is 4.98 Å². The molecule has 5 N–H and O–H groups in total. The van der Waals surface area contributed by atoms with E-state index < -0.39 is 0 Å². The summed E-state index contributed by atoms with van der Waals surface area (Å²) in [6.45, 7) is 0.838. The zero-order valence-electron chi connectivity index (χ0n) is 9.84. The van der Waals surface area contributed by atoms with Crippen LogP contribution in [0.15, 0.2) is 41.7 Å². The Kier molecular flexibility index (Phi) is 3.80. The van der Waals surface area contributed by atoms with E-state index in [1.165, 1.54) is 0 Å². The van der Waals surface area contributed by atoms with E-state index in [9.17, 15) is 0 Å². The Balaban J connectivity index is 2.07. The monoisotopic (exact) mass is 245 g/mol. The zero-order valence-corrected chi connectivity index (χ0v) is 9.84. The van der Waals surface area contributed by atoms with Crippen LogP contribution in [0.3, 0.4) is 0 Å². The van der Waals surface area contributed by atoms with Gasteiger partial charge in [-0.3, -0.25) is 4.99 Å². The number of nitrogens with one attached hydrogen (secondary N) is 1. The van der Waals surface area contributed by atoms with Gasteiger partial charge in [0.1, 0.15) is 18.2 Å². The predicted molar refractivity (Wildman–Crippen MR) is 70.2 cm³/mol. The van der Waals surface area contributed by atoms with Crippen LogP contribution >= 0.6 is 0 Å². The zero-order chi connectivity index (χ0) is 12.8. The highest BCUT2D eigenvalue weighted by molar-refractivity contribution is 5.75. The van der Waals surface area contributed by atoms with Crippen molar-refractivity contribution < 1.29 is 4.74 Å². The number of guanidine groups is 1. The van der Waals surface area contributed by atoms with Crippen LogP contribution in [-0.2, 0) is 0 Å². The van der Waals surface area contributed by atoms with Gasteiger partial charge < -0.3 is 21.2 Å². The molecule has 0 fully saturated rings. The molecule has 2 aromatic rings. The molecule has 6 heteroatoms. The van der Waals surface area contributed by atoms with E-state index in [1.807, 2.05) is 24.3 Å². The predicted octanol–water partition coefficient (Wildman–Crippen LogP) is 0.729. The van der Waals surface area contributed by atoms with E-state index >= 15 is 0 Å². The average Bonchev–Trinajstić information content (AvgIpc) is 2.88. The number of para-hydroxylation sites is 1. The van der Waals surface area contributed by atoms with Gasteiger partial charge in [0.2, 0.25) is 0 Å². The Morgan fingerprint density at radius 2 is 2.17 bits per heavy atom. The Morgan fingerprint density at radius 3 is 2.89 bits per heavy atom. The van der Waals surface area contributed by atoms with Gasteiger partial charge in [-0.2, -0.15) is 0 Å². The lowest BCUT2D eigenvalue weighted by Gasteiger charge is -2.08. The van der Waals surface area contributed by atoms with E-state index in [4.69, 9.17) is 16.2 Å². The third kappa shape index (κ3) is 3.00. The number of imidazole rings is 1. The fourth-order valence-electron chi connectivity index (χ4n) is 1.53. The molecule has 18 heavy (non-hydrogen) atoms. The Bertz CT molecular complexity index is 517. The first-order chi connectivity index (χ1) is 8.77. The number of hydrogen-bond acceptors (Lipinski definition) is 3. The van der Waals surface area contributed by atoms with E-state index in [1.54, 1.807) is 12.4 Å². The van der Waals surface area contributed by atoms with Crippen LogP contribution in [0.25, 0.3) is 11.4 Å². The number of nitrogens with two attached hydrogens (primary N) is 2. The first kappa shape index (κ1) is 12.0. The van der Waals surface area contributed by atoms with Gasteiger partial charge in [-0.15, -0.1) is 0 Å². The Morgan fingerprint density at radius 1 is 1.33 bits per heavy atom. The molecule has 0 aliphatic heterocycles. The molecule has 0 saturated heterocycles. The van der Waals surface area contributed by atoms with Crippen LogP contribution in [-0.4, -0.2) is 29.1 Å². The highest BCUT2D eigenvalue weighted by atomic mass is 16.5. The van der Waals surface area contributed by atoms with Gasteiger partial charge >= 0.3 is 0 Å². The molecule has 2 rings (SSSR count). The minimum absolute atomic E-state index is 0.0675. The van der Waals surface area contributed by atoms with Gasteiger partial charge in [-0.1, -0.05) is 12.1 Å². The summed E-state index contributed by atoms with van der Waals surface area (Å²) in [5.41, 5.74) is 11.4. The fraction of sp³-hybridized carbons (Fsp3) is 0.167. The molecule has 0 aliphatic rings. The minimum Gasteiger partial charge on any atom is -0.491 e. The number of aliphatic imine (C=N–C) groups is 1. The highest BCUT2D eigenvalue weighted by Gasteiger charge is 2.06. The molecule has 94 valence electrons. The molecule has 1 aromatic heterocycles. The standard InChI is InChI=1S/C12H15N5O/c13-12(14)17-7-8-18-10-4-2-1-3-9(10)11-15-5-6-16-11/h1-6H,7-8H2,(H,15,16)(H4,13,14,17). The summed E-state index contributed by atoms with van der Waals surface area (Å²) in [6.07, 6.45) is 3.47. The molecule has 1 heterocycles. The summed E-state index contributed by atoms with van der Waals surface area (Å²) in [5, 5.41) is 0. The second kappa shape index (κ2) is 5.72. The van der Waals surface area contributed by atoms with Gasteiger partial charge in [0.25, 0.3) is 0 Å². The first-order valence-corrected chi connectivity index (χ1v) is 5.54. The summed E-state index contributed by atoms with van der Waals surface area (Å²) >= 11 is 0. The third-order valence-electron chi connectivity index (χ3n) is 2.28. The smallest absolute Gasteiger partial charge is 0.186 e. The summed E-state index contributed by atoms with van der Waals surface area (Å²) in [5.74, 6) is 1.59. The molecule has 0 bridgehead atoms. The summed E-state index contributed by atoms with van der Waals surface area (Å²) < 4.78 is 5.63. The van der Waals surface area contributed by atoms with E-state index in [-0.39, 0.29) is 5.96 Å². The van der Waals surface area contributed by atoms with Gasteiger partial charge in [0.05, 0.1) is 12.1 Å². The molecular formula is C12H15N5O. The lowest BCUT2D eigenvalue weighted by atomic mass is 10.2. The minimum atomic E-state index is 0.0675. The average molecular weight is 245 g/mol. The Labute approximate surface area is 105 Å². The van der Waals surface area contributed by atoms with Crippen LogP contribution < -0.4 is 16.2 Å². The Hall–Kier alpha value is -2.50. The summed E-state index contributed by atoms with van der Waals surface area (Å²) in [7, 11) is 0. The SMILES string of the molecule is NC(N)=NCCOc1ccccc1-c1ncc[nH]1. The van der Waals surface area contributed by atoms with E-state index in [0.717, 1.165) is 17.1 Å². The maximum absolute atomic E-state index is 5.63. The molecule has 0 radical (unpaired) electrons.